The normalized spacial score (nSPS) is 9.61. The first-order valence-corrected chi connectivity index (χ1v) is 5.84. The van der Waals surface area contributed by atoms with Gasteiger partial charge in [-0.1, -0.05) is 15.9 Å². The average molecular weight is 305 g/mol. The fourth-order valence-electron chi connectivity index (χ4n) is 1.35. The van der Waals surface area contributed by atoms with E-state index in [1.807, 2.05) is 24.3 Å². The average Bonchev–Trinajstić information content (AvgIpc) is 2.39. The van der Waals surface area contributed by atoms with Crippen molar-refractivity contribution < 1.29 is 4.74 Å². The summed E-state index contributed by atoms with van der Waals surface area (Å²) in [6, 6.07) is 7.50. The van der Waals surface area contributed by atoms with Gasteiger partial charge >= 0.3 is 0 Å². The van der Waals surface area contributed by atoms with Gasteiger partial charge in [0.15, 0.2) is 5.69 Å². The molecule has 0 unspecified atom stereocenters. The Kier molecular flexibility index (Phi) is 3.75. The van der Waals surface area contributed by atoms with Gasteiger partial charge in [0, 0.05) is 16.2 Å². The zero-order valence-corrected chi connectivity index (χ0v) is 11.1. The first-order valence-electron chi connectivity index (χ1n) is 5.05. The van der Waals surface area contributed by atoms with E-state index in [1.54, 1.807) is 7.11 Å². The number of rotatable bonds is 3. The quantitative estimate of drug-likeness (QED) is 0.944. The summed E-state index contributed by atoms with van der Waals surface area (Å²) in [5, 5.41) is 11.7. The molecule has 1 N–H and O–H groups in total. The maximum atomic E-state index is 8.63. The number of nitrogens with zero attached hydrogens (tertiary/aromatic N) is 3. The molecule has 2 rings (SSSR count). The molecule has 0 aliphatic rings. The van der Waals surface area contributed by atoms with Gasteiger partial charge in [0.2, 0.25) is 0 Å². The van der Waals surface area contributed by atoms with E-state index in [1.165, 1.54) is 12.4 Å². The molecular formula is C12H9BrN4O. The molecule has 2 aromatic rings. The van der Waals surface area contributed by atoms with Crippen molar-refractivity contribution in [3.63, 3.8) is 0 Å². The summed E-state index contributed by atoms with van der Waals surface area (Å²) in [6.45, 7) is 0. The van der Waals surface area contributed by atoms with Crippen molar-refractivity contribution in [3.05, 3.63) is 40.8 Å². The molecule has 0 saturated heterocycles. The molecule has 0 spiro atoms. The summed E-state index contributed by atoms with van der Waals surface area (Å²) in [4.78, 5) is 8.01. The van der Waals surface area contributed by atoms with Crippen molar-refractivity contribution >= 4 is 27.4 Å². The summed E-state index contributed by atoms with van der Waals surface area (Å²) in [7, 11) is 1.60. The second-order valence-corrected chi connectivity index (χ2v) is 4.32. The molecule has 1 aromatic heterocycles. The van der Waals surface area contributed by atoms with Gasteiger partial charge in [0.25, 0.3) is 0 Å². The van der Waals surface area contributed by atoms with Crippen LogP contribution in [0.15, 0.2) is 35.1 Å². The van der Waals surface area contributed by atoms with Gasteiger partial charge in [-0.25, -0.2) is 9.97 Å². The van der Waals surface area contributed by atoms with E-state index in [4.69, 9.17) is 10.00 Å². The van der Waals surface area contributed by atoms with Gasteiger partial charge in [-0.05, 0) is 12.1 Å². The van der Waals surface area contributed by atoms with Gasteiger partial charge in [0.1, 0.15) is 17.6 Å². The minimum Gasteiger partial charge on any atom is -0.497 e. The van der Waals surface area contributed by atoms with Crippen LogP contribution < -0.4 is 10.1 Å². The van der Waals surface area contributed by atoms with Crippen LogP contribution in [0, 0.1) is 11.3 Å². The van der Waals surface area contributed by atoms with Crippen molar-refractivity contribution in [2.45, 2.75) is 0 Å². The third-order valence-electron chi connectivity index (χ3n) is 2.15. The SMILES string of the molecule is COc1cc(Br)cc(Nc2cnc(C#N)cn2)c1. The molecule has 6 heteroatoms. The molecular weight excluding hydrogens is 296 g/mol. The second-order valence-electron chi connectivity index (χ2n) is 3.40. The molecule has 90 valence electrons. The van der Waals surface area contributed by atoms with E-state index >= 15 is 0 Å². The van der Waals surface area contributed by atoms with Crippen LogP contribution in [0.3, 0.4) is 0 Å². The summed E-state index contributed by atoms with van der Waals surface area (Å²) in [5.41, 5.74) is 1.10. The molecule has 0 bridgehead atoms. The predicted octanol–water partition coefficient (Wildman–Crippen LogP) is 2.86. The lowest BCUT2D eigenvalue weighted by Crippen LogP contribution is -1.96. The number of hydrogen-bond acceptors (Lipinski definition) is 5. The number of nitriles is 1. The van der Waals surface area contributed by atoms with E-state index < -0.39 is 0 Å². The first kappa shape index (κ1) is 12.3. The lowest BCUT2D eigenvalue weighted by atomic mass is 10.3. The van der Waals surface area contributed by atoms with E-state index in [0.29, 0.717) is 5.82 Å². The highest BCUT2D eigenvalue weighted by Crippen LogP contribution is 2.26. The third-order valence-corrected chi connectivity index (χ3v) is 2.60. The van der Waals surface area contributed by atoms with Gasteiger partial charge in [-0.15, -0.1) is 0 Å². The van der Waals surface area contributed by atoms with E-state index in [2.05, 4.69) is 31.2 Å². The number of halogens is 1. The van der Waals surface area contributed by atoms with Crippen molar-refractivity contribution in [3.8, 4) is 11.8 Å². The maximum absolute atomic E-state index is 8.63. The van der Waals surface area contributed by atoms with Crippen LogP contribution in [0.4, 0.5) is 11.5 Å². The molecule has 0 amide bonds. The fraction of sp³-hybridized carbons (Fsp3) is 0.0833. The summed E-state index contributed by atoms with van der Waals surface area (Å²) in [6.07, 6.45) is 2.92. The van der Waals surface area contributed by atoms with Gasteiger partial charge < -0.3 is 10.1 Å². The number of anilines is 2. The zero-order chi connectivity index (χ0) is 13.0. The molecule has 0 aliphatic carbocycles. The highest BCUT2D eigenvalue weighted by molar-refractivity contribution is 9.10. The Hall–Kier alpha value is -2.13. The van der Waals surface area contributed by atoms with Crippen molar-refractivity contribution in [1.29, 1.82) is 5.26 Å². The standard InChI is InChI=1S/C12H9BrN4O/c1-18-11-3-8(13)2-9(4-11)17-12-7-15-10(5-14)6-16-12/h2-4,6-7H,1H3,(H,16,17). The van der Waals surface area contributed by atoms with Gasteiger partial charge in [-0.2, -0.15) is 5.26 Å². The number of hydrogen-bond donors (Lipinski definition) is 1. The Morgan fingerprint density at radius 3 is 2.72 bits per heavy atom. The molecule has 0 atom stereocenters. The Balaban J connectivity index is 2.22. The highest BCUT2D eigenvalue weighted by atomic mass is 79.9. The molecule has 0 fully saturated rings. The Morgan fingerprint density at radius 2 is 2.11 bits per heavy atom. The Bertz CT molecular complexity index is 592. The second kappa shape index (κ2) is 5.47. The number of ether oxygens (including phenoxy) is 1. The number of methoxy groups -OCH3 is 1. The molecule has 5 nitrogen and oxygen atoms in total. The van der Waals surface area contributed by atoms with E-state index in [0.717, 1.165) is 15.9 Å². The number of nitrogens with one attached hydrogen (secondary N) is 1. The van der Waals surface area contributed by atoms with E-state index in [9.17, 15) is 0 Å². The minimum absolute atomic E-state index is 0.285. The van der Waals surface area contributed by atoms with Gasteiger partial charge in [-0.3, -0.25) is 0 Å². The van der Waals surface area contributed by atoms with E-state index in [-0.39, 0.29) is 5.69 Å². The summed E-state index contributed by atoms with van der Waals surface area (Å²) < 4.78 is 6.06. The number of benzene rings is 1. The summed E-state index contributed by atoms with van der Waals surface area (Å²) in [5.74, 6) is 1.29. The Morgan fingerprint density at radius 1 is 1.28 bits per heavy atom. The fourth-order valence-corrected chi connectivity index (χ4v) is 1.82. The third kappa shape index (κ3) is 2.96. The van der Waals surface area contributed by atoms with Crippen LogP contribution in [0.5, 0.6) is 5.75 Å². The van der Waals surface area contributed by atoms with Crippen LogP contribution >= 0.6 is 15.9 Å². The van der Waals surface area contributed by atoms with Crippen LogP contribution in [-0.4, -0.2) is 17.1 Å². The lowest BCUT2D eigenvalue weighted by molar-refractivity contribution is 0.415. The lowest BCUT2D eigenvalue weighted by Gasteiger charge is -2.08. The Labute approximate surface area is 113 Å². The predicted molar refractivity (Wildman–Crippen MR) is 70.7 cm³/mol. The first-order chi connectivity index (χ1) is 8.71. The molecule has 1 aromatic carbocycles. The molecule has 18 heavy (non-hydrogen) atoms. The molecule has 0 saturated carbocycles. The molecule has 0 aliphatic heterocycles. The topological polar surface area (TPSA) is 70.8 Å². The smallest absolute Gasteiger partial charge is 0.158 e. The van der Waals surface area contributed by atoms with Gasteiger partial charge in [0.05, 0.1) is 19.5 Å². The zero-order valence-electron chi connectivity index (χ0n) is 9.51. The van der Waals surface area contributed by atoms with Crippen molar-refractivity contribution in [2.24, 2.45) is 0 Å². The van der Waals surface area contributed by atoms with Crippen LogP contribution in [0.1, 0.15) is 5.69 Å². The summed E-state index contributed by atoms with van der Waals surface area (Å²) >= 11 is 3.39. The van der Waals surface area contributed by atoms with Crippen LogP contribution in [0.2, 0.25) is 0 Å². The monoisotopic (exact) mass is 304 g/mol. The molecule has 0 radical (unpaired) electrons. The highest BCUT2D eigenvalue weighted by Gasteiger charge is 2.02. The van der Waals surface area contributed by atoms with Crippen molar-refractivity contribution in [2.75, 3.05) is 12.4 Å². The van der Waals surface area contributed by atoms with Crippen LogP contribution in [0.25, 0.3) is 0 Å². The number of aromatic nitrogens is 2. The minimum atomic E-state index is 0.285. The maximum Gasteiger partial charge on any atom is 0.158 e. The molecule has 1 heterocycles. The largest absolute Gasteiger partial charge is 0.497 e. The van der Waals surface area contributed by atoms with Crippen LogP contribution in [-0.2, 0) is 0 Å². The van der Waals surface area contributed by atoms with Crippen molar-refractivity contribution in [1.82, 2.24) is 9.97 Å².